The van der Waals surface area contributed by atoms with Crippen molar-refractivity contribution in [2.75, 3.05) is 7.11 Å². The van der Waals surface area contributed by atoms with E-state index in [1.807, 2.05) is 24.3 Å². The van der Waals surface area contributed by atoms with Crippen LogP contribution >= 0.6 is 0 Å². The molecule has 27 heavy (non-hydrogen) atoms. The molecule has 7 heteroatoms. The van der Waals surface area contributed by atoms with E-state index in [1.165, 1.54) is 0 Å². The second-order valence-electron chi connectivity index (χ2n) is 6.33. The molecular weight excluding hydrogens is 344 g/mol. The topological polar surface area (TPSA) is 87.3 Å². The second kappa shape index (κ2) is 5.57. The standard InChI is InChI=1S/C20H15N4O3/c1-27-13-8-6-12(7-9-13)20-21-14-10-18-19(11-15(14)22-20)24(26)17-5-3-2-4-16(17)23(18)25/h2-11,25H,1H3,(H,21,22)/q+1/p+1. The number of para-hydroxylation sites is 2. The van der Waals surface area contributed by atoms with E-state index < -0.39 is 0 Å². The monoisotopic (exact) mass is 360 g/mol. The minimum Gasteiger partial charge on any atom is -0.497 e. The van der Waals surface area contributed by atoms with Gasteiger partial charge in [0.25, 0.3) is 16.9 Å². The number of aromatic amines is 2. The van der Waals surface area contributed by atoms with Gasteiger partial charge in [0.15, 0.2) is 22.1 Å². The molecule has 0 atom stereocenters. The van der Waals surface area contributed by atoms with Crippen molar-refractivity contribution in [3.8, 4) is 17.1 Å². The molecule has 5 rings (SSSR count). The smallest absolute Gasteiger partial charge is 0.295 e. The maximum absolute atomic E-state index is 12.8. The predicted octanol–water partition coefficient (Wildman–Crippen LogP) is 2.92. The summed E-state index contributed by atoms with van der Waals surface area (Å²) in [6, 6.07) is 18.1. The molecule has 132 valence electrons. The molecule has 0 unspecified atom stereocenters. The average molecular weight is 360 g/mol. The summed E-state index contributed by atoms with van der Waals surface area (Å²) in [5.41, 5.74) is 4.16. The third-order valence-electron chi connectivity index (χ3n) is 4.79. The van der Waals surface area contributed by atoms with Crippen molar-refractivity contribution in [1.82, 2.24) is 9.71 Å². The van der Waals surface area contributed by atoms with Crippen LogP contribution in [0.3, 0.4) is 0 Å². The lowest BCUT2D eigenvalue weighted by molar-refractivity contribution is -0.433. The fourth-order valence-corrected chi connectivity index (χ4v) is 3.39. The van der Waals surface area contributed by atoms with Crippen LogP contribution < -0.4 is 14.1 Å². The summed E-state index contributed by atoms with van der Waals surface area (Å²) in [5, 5.41) is 10.6. The Morgan fingerprint density at radius 2 is 1.81 bits per heavy atom. The van der Waals surface area contributed by atoms with Gasteiger partial charge in [-0.15, -0.1) is 0 Å². The van der Waals surface area contributed by atoms with Gasteiger partial charge in [0.05, 0.1) is 23.2 Å². The Labute approximate surface area is 152 Å². The number of H-pyrrole nitrogens is 2. The summed E-state index contributed by atoms with van der Waals surface area (Å²) in [5.74, 6) is 1.58. The number of hydrogen-bond acceptors (Lipinski definition) is 3. The van der Waals surface area contributed by atoms with Gasteiger partial charge in [0.1, 0.15) is 5.75 Å². The highest BCUT2D eigenvalue weighted by Crippen LogP contribution is 2.23. The molecule has 3 N–H and O–H groups in total. The van der Waals surface area contributed by atoms with E-state index in [0.717, 1.165) is 37.3 Å². The summed E-state index contributed by atoms with van der Waals surface area (Å²) in [7, 11) is 1.63. The number of rotatable bonds is 2. The van der Waals surface area contributed by atoms with E-state index in [-0.39, 0.29) is 0 Å². The van der Waals surface area contributed by atoms with Crippen molar-refractivity contribution in [3.63, 3.8) is 0 Å². The fraction of sp³-hybridized carbons (Fsp3) is 0.0500. The van der Waals surface area contributed by atoms with E-state index in [0.29, 0.717) is 22.1 Å². The van der Waals surface area contributed by atoms with Crippen LogP contribution in [0.4, 0.5) is 0 Å². The summed E-state index contributed by atoms with van der Waals surface area (Å²) in [6.45, 7) is 0. The zero-order valence-corrected chi connectivity index (χ0v) is 14.4. The first kappa shape index (κ1) is 15.4. The quantitative estimate of drug-likeness (QED) is 0.288. The Bertz CT molecular complexity index is 1380. The first-order chi connectivity index (χ1) is 13.2. The van der Waals surface area contributed by atoms with Crippen molar-refractivity contribution in [3.05, 3.63) is 65.6 Å². The maximum Gasteiger partial charge on any atom is 0.295 e. The summed E-state index contributed by atoms with van der Waals surface area (Å²) < 4.78 is 7.08. The Morgan fingerprint density at radius 1 is 1.04 bits per heavy atom. The molecule has 0 spiro atoms. The first-order valence-electron chi connectivity index (χ1n) is 8.44. The number of nitrogens with zero attached hydrogens (tertiary/aromatic N) is 2. The summed E-state index contributed by atoms with van der Waals surface area (Å²) in [4.78, 5) is 19.4. The average Bonchev–Trinajstić information content (AvgIpc) is 3.14. The minimum absolute atomic E-state index is 0.375. The fourth-order valence-electron chi connectivity index (χ4n) is 3.39. The highest BCUT2D eigenvalue weighted by atomic mass is 16.5. The molecule has 0 radical (unpaired) electrons. The molecule has 2 heterocycles. The third kappa shape index (κ3) is 2.25. The molecule has 2 aromatic heterocycles. The zero-order chi connectivity index (χ0) is 18.5. The van der Waals surface area contributed by atoms with Crippen LogP contribution in [0.15, 0.2) is 60.7 Å². The van der Waals surface area contributed by atoms with Crippen LogP contribution in [0.25, 0.3) is 44.5 Å². The molecule has 7 nitrogen and oxygen atoms in total. The number of methoxy groups -OCH3 is 1. The Balaban J connectivity index is 1.78. The van der Waals surface area contributed by atoms with Crippen LogP contribution in [0.5, 0.6) is 5.75 Å². The highest BCUT2D eigenvalue weighted by molar-refractivity contribution is 5.91. The molecule has 0 saturated carbocycles. The number of ether oxygens (including phenoxy) is 1. The number of benzene rings is 3. The number of imidazole rings is 1. The Kier molecular flexibility index (Phi) is 3.17. The van der Waals surface area contributed by atoms with Gasteiger partial charge >= 0.3 is 0 Å². The lowest BCUT2D eigenvalue weighted by atomic mass is 10.2. The normalized spacial score (nSPS) is 11.4. The first-order valence-corrected chi connectivity index (χ1v) is 8.44. The molecule has 0 aliphatic carbocycles. The highest BCUT2D eigenvalue weighted by Gasteiger charge is 2.22. The summed E-state index contributed by atoms with van der Waals surface area (Å²) in [6.07, 6.45) is 0. The van der Waals surface area contributed by atoms with E-state index in [4.69, 9.17) is 4.74 Å². The van der Waals surface area contributed by atoms with E-state index in [1.54, 1.807) is 43.5 Å². The van der Waals surface area contributed by atoms with Crippen molar-refractivity contribution in [2.24, 2.45) is 0 Å². The number of fused-ring (bicyclic) bond motifs is 3. The minimum atomic E-state index is 0.375. The maximum atomic E-state index is 12.8. The van der Waals surface area contributed by atoms with Crippen LogP contribution in [0.1, 0.15) is 0 Å². The zero-order valence-electron chi connectivity index (χ0n) is 14.4. The van der Waals surface area contributed by atoms with Gasteiger partial charge in [0, 0.05) is 17.0 Å². The number of hydrogen-bond donors (Lipinski definition) is 2. The molecule has 0 aliphatic heterocycles. The van der Waals surface area contributed by atoms with Gasteiger partial charge in [0.2, 0.25) is 0 Å². The largest absolute Gasteiger partial charge is 0.497 e. The van der Waals surface area contributed by atoms with Crippen LogP contribution in [0, 0.1) is 4.91 Å². The van der Waals surface area contributed by atoms with Crippen LogP contribution in [-0.2, 0) is 0 Å². The predicted molar refractivity (Wildman–Crippen MR) is 100 cm³/mol. The van der Waals surface area contributed by atoms with Crippen LogP contribution in [-0.4, -0.2) is 22.0 Å². The van der Waals surface area contributed by atoms with Gasteiger partial charge in [-0.2, -0.15) is 4.73 Å². The van der Waals surface area contributed by atoms with E-state index in [9.17, 15) is 10.1 Å². The van der Waals surface area contributed by atoms with Crippen molar-refractivity contribution >= 4 is 33.1 Å². The van der Waals surface area contributed by atoms with Crippen molar-refractivity contribution in [2.45, 2.75) is 0 Å². The molecule has 5 aromatic rings. The third-order valence-corrected chi connectivity index (χ3v) is 4.79. The van der Waals surface area contributed by atoms with E-state index in [2.05, 4.69) is 9.97 Å². The summed E-state index contributed by atoms with van der Waals surface area (Å²) >= 11 is 0. The lowest BCUT2D eigenvalue weighted by Gasteiger charge is -2.01. The molecular formula is C20H16N4O3+2. The van der Waals surface area contributed by atoms with Crippen molar-refractivity contribution in [1.29, 1.82) is 0 Å². The molecule has 0 amide bonds. The van der Waals surface area contributed by atoms with Crippen molar-refractivity contribution < 1.29 is 19.4 Å². The molecule has 3 aromatic carbocycles. The van der Waals surface area contributed by atoms with Gasteiger partial charge in [-0.1, -0.05) is 12.1 Å². The lowest BCUT2D eigenvalue weighted by Crippen LogP contribution is -2.20. The van der Waals surface area contributed by atoms with Gasteiger partial charge in [-0.3, -0.25) is 0 Å². The SMILES string of the molecule is COc1ccc(-c2[nH]c3cc4c(cc3[nH+]2)[n+](=O)c2ccccc2n4O)cc1. The molecule has 0 fully saturated rings. The van der Waals surface area contributed by atoms with Gasteiger partial charge in [-0.05, 0) is 30.3 Å². The van der Waals surface area contributed by atoms with Gasteiger partial charge < -0.3 is 9.94 Å². The Hall–Kier alpha value is -3.87. The molecule has 0 bridgehead atoms. The van der Waals surface area contributed by atoms with Crippen LogP contribution in [0.2, 0.25) is 0 Å². The molecule has 0 aliphatic rings. The number of nitrogens with one attached hydrogen (secondary N) is 2. The molecule has 0 saturated heterocycles. The second-order valence-corrected chi connectivity index (χ2v) is 6.33. The Morgan fingerprint density at radius 3 is 2.59 bits per heavy atom. The number of aromatic nitrogens is 4. The van der Waals surface area contributed by atoms with E-state index >= 15 is 0 Å². The van der Waals surface area contributed by atoms with Gasteiger partial charge in [-0.25, -0.2) is 9.97 Å².